The van der Waals surface area contributed by atoms with Crippen molar-refractivity contribution in [3.8, 4) is 0 Å². The molecule has 21 heavy (non-hydrogen) atoms. The molecule has 6 heteroatoms. The third-order valence-electron chi connectivity index (χ3n) is 3.02. The summed E-state index contributed by atoms with van der Waals surface area (Å²) in [6, 6.07) is 4.51. The smallest absolute Gasteiger partial charge is 0.139 e. The molecule has 0 aliphatic heterocycles. The Bertz CT molecular complexity index is 619. The van der Waals surface area contributed by atoms with Crippen molar-refractivity contribution >= 4 is 33.3 Å². The number of nitrogens with one attached hydrogen (secondary N) is 2. The lowest BCUT2D eigenvalue weighted by molar-refractivity contribution is 0.628. The van der Waals surface area contributed by atoms with Crippen molar-refractivity contribution in [3.63, 3.8) is 0 Å². The Morgan fingerprint density at radius 1 is 1.19 bits per heavy atom. The Morgan fingerprint density at radius 2 is 1.95 bits per heavy atom. The molecule has 0 fully saturated rings. The molecule has 0 spiro atoms. The molecule has 0 radical (unpaired) electrons. The zero-order valence-electron chi connectivity index (χ0n) is 12.1. The summed E-state index contributed by atoms with van der Waals surface area (Å²) < 4.78 is 14.2. The number of nitrogens with zero attached hydrogens (tertiary/aromatic N) is 2. The van der Waals surface area contributed by atoms with Gasteiger partial charge in [0.2, 0.25) is 0 Å². The van der Waals surface area contributed by atoms with Crippen LogP contribution in [-0.2, 0) is 6.42 Å². The van der Waals surface area contributed by atoms with Crippen molar-refractivity contribution in [2.45, 2.75) is 26.7 Å². The first kappa shape index (κ1) is 15.7. The highest BCUT2D eigenvalue weighted by molar-refractivity contribution is 9.10. The molecule has 0 unspecified atom stereocenters. The molecule has 0 aliphatic rings. The van der Waals surface area contributed by atoms with Crippen molar-refractivity contribution in [2.24, 2.45) is 0 Å². The van der Waals surface area contributed by atoms with Crippen molar-refractivity contribution in [1.29, 1.82) is 0 Å². The molecular formula is C15H18BrFN4. The van der Waals surface area contributed by atoms with E-state index in [1.165, 1.54) is 18.5 Å². The summed E-state index contributed by atoms with van der Waals surface area (Å²) >= 11 is 3.41. The van der Waals surface area contributed by atoms with Gasteiger partial charge in [-0.15, -0.1) is 0 Å². The third-order valence-corrected chi connectivity index (χ3v) is 3.71. The Balaban J connectivity index is 2.33. The van der Waals surface area contributed by atoms with Crippen LogP contribution in [-0.4, -0.2) is 16.5 Å². The molecular weight excluding hydrogens is 335 g/mol. The molecule has 0 saturated carbocycles. The van der Waals surface area contributed by atoms with Gasteiger partial charge in [0.05, 0.1) is 5.69 Å². The van der Waals surface area contributed by atoms with E-state index in [0.717, 1.165) is 35.2 Å². The van der Waals surface area contributed by atoms with Crippen molar-refractivity contribution in [1.82, 2.24) is 9.97 Å². The molecule has 1 aromatic carbocycles. The van der Waals surface area contributed by atoms with E-state index in [2.05, 4.69) is 43.5 Å². The van der Waals surface area contributed by atoms with E-state index in [1.807, 2.05) is 6.92 Å². The van der Waals surface area contributed by atoms with Crippen LogP contribution < -0.4 is 10.6 Å². The van der Waals surface area contributed by atoms with E-state index in [0.29, 0.717) is 11.5 Å². The molecule has 4 nitrogen and oxygen atoms in total. The van der Waals surface area contributed by atoms with Gasteiger partial charge in [-0.05, 0) is 47.0 Å². The van der Waals surface area contributed by atoms with Crippen LogP contribution in [0.4, 0.5) is 21.7 Å². The number of rotatable bonds is 6. The molecule has 2 aromatic rings. The van der Waals surface area contributed by atoms with Crippen LogP contribution in [0.25, 0.3) is 0 Å². The molecule has 0 saturated heterocycles. The highest BCUT2D eigenvalue weighted by Crippen LogP contribution is 2.29. The van der Waals surface area contributed by atoms with Crippen molar-refractivity contribution in [3.05, 3.63) is 40.4 Å². The summed E-state index contributed by atoms with van der Waals surface area (Å²) in [6.45, 7) is 5.00. The second kappa shape index (κ2) is 7.36. The SMILES string of the molecule is CCCNc1ncnc(Nc2cc(F)ccc2Br)c1CC. The summed E-state index contributed by atoms with van der Waals surface area (Å²) in [7, 11) is 0. The normalized spacial score (nSPS) is 10.5. The van der Waals surface area contributed by atoms with Crippen LogP contribution in [0.2, 0.25) is 0 Å². The average Bonchev–Trinajstić information content (AvgIpc) is 2.49. The van der Waals surface area contributed by atoms with Gasteiger partial charge in [0.15, 0.2) is 0 Å². The van der Waals surface area contributed by atoms with E-state index < -0.39 is 0 Å². The number of hydrogen-bond acceptors (Lipinski definition) is 4. The molecule has 0 atom stereocenters. The second-order valence-electron chi connectivity index (χ2n) is 4.58. The van der Waals surface area contributed by atoms with Gasteiger partial charge in [-0.3, -0.25) is 0 Å². The van der Waals surface area contributed by atoms with Gasteiger partial charge in [0.1, 0.15) is 23.8 Å². The Labute approximate surface area is 132 Å². The van der Waals surface area contributed by atoms with Crippen LogP contribution in [0, 0.1) is 5.82 Å². The van der Waals surface area contributed by atoms with E-state index in [4.69, 9.17) is 0 Å². The molecule has 2 N–H and O–H groups in total. The summed E-state index contributed by atoms with van der Waals surface area (Å²) in [5.41, 5.74) is 1.63. The first-order chi connectivity index (χ1) is 10.2. The summed E-state index contributed by atoms with van der Waals surface area (Å²) in [4.78, 5) is 8.56. The molecule has 1 heterocycles. The van der Waals surface area contributed by atoms with Gasteiger partial charge >= 0.3 is 0 Å². The zero-order valence-corrected chi connectivity index (χ0v) is 13.7. The molecule has 2 rings (SSSR count). The minimum atomic E-state index is -0.294. The number of anilines is 3. The standard InChI is InChI=1S/C15H18BrFN4/c1-3-7-18-14-11(4-2)15(20-9-19-14)21-13-8-10(17)5-6-12(13)16/h5-6,8-9H,3-4,7H2,1-2H3,(H2,18,19,20,21). The van der Waals surface area contributed by atoms with Gasteiger partial charge < -0.3 is 10.6 Å². The number of hydrogen-bond donors (Lipinski definition) is 2. The number of halogens is 2. The Morgan fingerprint density at radius 3 is 2.67 bits per heavy atom. The quantitative estimate of drug-likeness (QED) is 0.803. The third kappa shape index (κ3) is 3.91. The van der Waals surface area contributed by atoms with E-state index in [9.17, 15) is 4.39 Å². The van der Waals surface area contributed by atoms with E-state index in [1.54, 1.807) is 6.07 Å². The second-order valence-corrected chi connectivity index (χ2v) is 5.43. The maximum absolute atomic E-state index is 13.4. The lowest BCUT2D eigenvalue weighted by Gasteiger charge is -2.15. The van der Waals surface area contributed by atoms with E-state index >= 15 is 0 Å². The lowest BCUT2D eigenvalue weighted by atomic mass is 10.2. The first-order valence-electron chi connectivity index (χ1n) is 6.95. The van der Waals surface area contributed by atoms with Gasteiger partial charge in [-0.25, -0.2) is 14.4 Å². The van der Waals surface area contributed by atoms with Gasteiger partial charge in [-0.2, -0.15) is 0 Å². The lowest BCUT2D eigenvalue weighted by Crippen LogP contribution is -2.08. The van der Waals surface area contributed by atoms with Crippen molar-refractivity contribution in [2.75, 3.05) is 17.2 Å². The molecule has 0 bridgehead atoms. The maximum atomic E-state index is 13.4. The predicted molar refractivity (Wildman–Crippen MR) is 87.6 cm³/mol. The number of benzene rings is 1. The summed E-state index contributed by atoms with van der Waals surface area (Å²) in [6.07, 6.45) is 3.31. The van der Waals surface area contributed by atoms with Crippen LogP contribution >= 0.6 is 15.9 Å². The topological polar surface area (TPSA) is 49.8 Å². The van der Waals surface area contributed by atoms with Crippen LogP contribution in [0.1, 0.15) is 25.8 Å². The molecule has 1 aromatic heterocycles. The minimum Gasteiger partial charge on any atom is -0.370 e. The zero-order chi connectivity index (χ0) is 15.2. The fraction of sp³-hybridized carbons (Fsp3) is 0.333. The number of aromatic nitrogens is 2. The summed E-state index contributed by atoms with van der Waals surface area (Å²) in [5.74, 6) is 1.22. The van der Waals surface area contributed by atoms with Crippen LogP contribution in [0.3, 0.4) is 0 Å². The molecule has 0 amide bonds. The van der Waals surface area contributed by atoms with Crippen LogP contribution in [0.15, 0.2) is 29.0 Å². The van der Waals surface area contributed by atoms with Gasteiger partial charge in [-0.1, -0.05) is 13.8 Å². The highest BCUT2D eigenvalue weighted by Gasteiger charge is 2.11. The predicted octanol–water partition coefficient (Wildman–Crippen LogP) is 4.51. The Hall–Kier alpha value is -1.69. The van der Waals surface area contributed by atoms with Gasteiger partial charge in [0, 0.05) is 16.6 Å². The van der Waals surface area contributed by atoms with Crippen molar-refractivity contribution < 1.29 is 4.39 Å². The fourth-order valence-corrected chi connectivity index (χ4v) is 2.32. The van der Waals surface area contributed by atoms with Gasteiger partial charge in [0.25, 0.3) is 0 Å². The Kier molecular flexibility index (Phi) is 5.50. The largest absolute Gasteiger partial charge is 0.370 e. The molecule has 112 valence electrons. The average molecular weight is 353 g/mol. The highest BCUT2D eigenvalue weighted by atomic mass is 79.9. The first-order valence-corrected chi connectivity index (χ1v) is 7.74. The summed E-state index contributed by atoms with van der Waals surface area (Å²) in [5, 5.41) is 6.46. The maximum Gasteiger partial charge on any atom is 0.139 e. The minimum absolute atomic E-state index is 0.294. The fourth-order valence-electron chi connectivity index (χ4n) is 1.97. The van der Waals surface area contributed by atoms with E-state index in [-0.39, 0.29) is 5.82 Å². The van der Waals surface area contributed by atoms with Crippen LogP contribution in [0.5, 0.6) is 0 Å². The molecule has 0 aliphatic carbocycles. The monoisotopic (exact) mass is 352 g/mol.